The number of Topliss-reactive ketones (excluding diaryl/α,β-unsaturated/α-hetero) is 1. The van der Waals surface area contributed by atoms with Crippen molar-refractivity contribution in [1.82, 2.24) is 0 Å². The van der Waals surface area contributed by atoms with Gasteiger partial charge in [-0.25, -0.2) is 0 Å². The maximum Gasteiger partial charge on any atom is 0.159 e. The number of hydrogen-bond donors (Lipinski definition) is 0. The highest BCUT2D eigenvalue weighted by molar-refractivity contribution is 5.96. The zero-order valence-electron chi connectivity index (χ0n) is 10.7. The molecule has 0 aliphatic rings. The normalized spacial score (nSPS) is 11.1. The molecule has 1 nitrogen and oxygen atoms in total. The van der Waals surface area contributed by atoms with Gasteiger partial charge in [-0.3, -0.25) is 4.79 Å². The second kappa shape index (κ2) is 5.44. The quantitative estimate of drug-likeness (QED) is 0.545. The SMILES string of the molecule is C=C/C(=C\C)c1cc(C(=C)C)cc(C(C)=O)c1. The van der Waals surface area contributed by atoms with E-state index in [-0.39, 0.29) is 5.78 Å². The summed E-state index contributed by atoms with van der Waals surface area (Å²) in [5.74, 6) is 0.0638. The Morgan fingerprint density at radius 2 is 1.65 bits per heavy atom. The summed E-state index contributed by atoms with van der Waals surface area (Å²) in [6, 6.07) is 5.81. The average Bonchev–Trinajstić information content (AvgIpc) is 2.30. The predicted molar refractivity (Wildman–Crippen MR) is 75.0 cm³/mol. The number of allylic oxidation sites excluding steroid dienone is 4. The van der Waals surface area contributed by atoms with Gasteiger partial charge in [-0.1, -0.05) is 30.9 Å². The fourth-order valence-electron chi connectivity index (χ4n) is 1.65. The summed E-state index contributed by atoms with van der Waals surface area (Å²) < 4.78 is 0. The van der Waals surface area contributed by atoms with Gasteiger partial charge < -0.3 is 0 Å². The van der Waals surface area contributed by atoms with Gasteiger partial charge in [0.15, 0.2) is 5.78 Å². The molecule has 1 heteroatoms. The summed E-state index contributed by atoms with van der Waals surface area (Å²) in [5, 5.41) is 0. The zero-order valence-corrected chi connectivity index (χ0v) is 10.7. The maximum absolute atomic E-state index is 11.5. The predicted octanol–water partition coefficient (Wildman–Crippen LogP) is 4.51. The Hall–Kier alpha value is -1.89. The largest absolute Gasteiger partial charge is 0.295 e. The number of hydrogen-bond acceptors (Lipinski definition) is 1. The van der Waals surface area contributed by atoms with Gasteiger partial charge in [0.2, 0.25) is 0 Å². The first-order valence-electron chi connectivity index (χ1n) is 5.60. The van der Waals surface area contributed by atoms with E-state index in [1.165, 1.54) is 0 Å². The van der Waals surface area contributed by atoms with Crippen molar-refractivity contribution >= 4 is 16.9 Å². The molecule has 0 radical (unpaired) electrons. The fraction of sp³-hybridized carbons (Fsp3) is 0.188. The molecule has 0 saturated heterocycles. The molecule has 1 aromatic rings. The standard InChI is InChI=1S/C16H18O/c1-6-13(7-2)16-9-14(11(3)4)8-15(10-16)12(5)17/h6-10H,1,3H2,2,4-5H3/b13-7+. The number of ketones is 1. The Balaban J connectivity index is 3.46. The van der Waals surface area contributed by atoms with Gasteiger partial charge in [0.05, 0.1) is 0 Å². The van der Waals surface area contributed by atoms with E-state index in [0.29, 0.717) is 5.56 Å². The highest BCUT2D eigenvalue weighted by atomic mass is 16.1. The fourth-order valence-corrected chi connectivity index (χ4v) is 1.65. The van der Waals surface area contributed by atoms with Crippen LogP contribution in [0.4, 0.5) is 0 Å². The van der Waals surface area contributed by atoms with E-state index < -0.39 is 0 Å². The molecular weight excluding hydrogens is 208 g/mol. The molecule has 0 bridgehead atoms. The second-order valence-electron chi connectivity index (χ2n) is 4.08. The van der Waals surface area contributed by atoms with E-state index in [2.05, 4.69) is 13.2 Å². The summed E-state index contributed by atoms with van der Waals surface area (Å²) in [5.41, 5.74) is 4.69. The van der Waals surface area contributed by atoms with Crippen LogP contribution in [0.3, 0.4) is 0 Å². The maximum atomic E-state index is 11.5. The van der Waals surface area contributed by atoms with E-state index in [0.717, 1.165) is 22.3 Å². The van der Waals surface area contributed by atoms with Crippen molar-refractivity contribution in [3.8, 4) is 0 Å². The molecule has 0 aliphatic heterocycles. The van der Waals surface area contributed by atoms with Crippen LogP contribution in [0.15, 0.2) is 43.5 Å². The van der Waals surface area contributed by atoms with Gasteiger partial charge in [-0.15, -0.1) is 0 Å². The van der Waals surface area contributed by atoms with Crippen molar-refractivity contribution in [3.63, 3.8) is 0 Å². The number of carbonyl (C=O) groups is 1. The Kier molecular flexibility index (Phi) is 4.22. The molecule has 1 aromatic carbocycles. The molecule has 0 fully saturated rings. The second-order valence-corrected chi connectivity index (χ2v) is 4.08. The average molecular weight is 226 g/mol. The minimum absolute atomic E-state index is 0.0638. The van der Waals surface area contributed by atoms with Crippen LogP contribution in [-0.2, 0) is 0 Å². The van der Waals surface area contributed by atoms with Gasteiger partial charge in [-0.05, 0) is 55.7 Å². The van der Waals surface area contributed by atoms with Crippen molar-refractivity contribution in [2.45, 2.75) is 20.8 Å². The Morgan fingerprint density at radius 1 is 1.12 bits per heavy atom. The molecule has 17 heavy (non-hydrogen) atoms. The first kappa shape index (κ1) is 13.2. The molecule has 0 aliphatic carbocycles. The summed E-state index contributed by atoms with van der Waals surface area (Å²) in [7, 11) is 0. The smallest absolute Gasteiger partial charge is 0.159 e. The van der Waals surface area contributed by atoms with Crippen molar-refractivity contribution in [2.24, 2.45) is 0 Å². The molecule has 0 heterocycles. The van der Waals surface area contributed by atoms with Crippen LogP contribution >= 0.6 is 0 Å². The van der Waals surface area contributed by atoms with Crippen LogP contribution in [-0.4, -0.2) is 5.78 Å². The molecule has 88 valence electrons. The van der Waals surface area contributed by atoms with Crippen molar-refractivity contribution in [2.75, 3.05) is 0 Å². The lowest BCUT2D eigenvalue weighted by Gasteiger charge is -2.09. The monoisotopic (exact) mass is 226 g/mol. The van der Waals surface area contributed by atoms with Crippen LogP contribution in [0.25, 0.3) is 11.1 Å². The van der Waals surface area contributed by atoms with E-state index in [4.69, 9.17) is 0 Å². The van der Waals surface area contributed by atoms with Gasteiger partial charge >= 0.3 is 0 Å². The van der Waals surface area contributed by atoms with Crippen molar-refractivity contribution in [3.05, 3.63) is 60.2 Å². The van der Waals surface area contributed by atoms with Gasteiger partial charge in [0, 0.05) is 5.56 Å². The summed E-state index contributed by atoms with van der Waals surface area (Å²) >= 11 is 0. The molecule has 0 aromatic heterocycles. The van der Waals surface area contributed by atoms with Crippen LogP contribution < -0.4 is 0 Å². The number of rotatable bonds is 4. The number of carbonyl (C=O) groups excluding carboxylic acids is 1. The summed E-state index contributed by atoms with van der Waals surface area (Å²) in [6.07, 6.45) is 3.77. The Labute approximate surface area is 103 Å². The van der Waals surface area contributed by atoms with E-state index in [9.17, 15) is 4.79 Å². The molecule has 0 unspecified atom stereocenters. The molecule has 0 saturated carbocycles. The van der Waals surface area contributed by atoms with Crippen LogP contribution in [0, 0.1) is 0 Å². The third-order valence-electron chi connectivity index (χ3n) is 2.70. The molecule has 1 rings (SSSR count). The minimum atomic E-state index is 0.0638. The van der Waals surface area contributed by atoms with Gasteiger partial charge in [0.1, 0.15) is 0 Å². The van der Waals surface area contributed by atoms with Crippen LogP contribution in [0.5, 0.6) is 0 Å². The summed E-state index contributed by atoms with van der Waals surface area (Å²) in [4.78, 5) is 11.5. The molecule has 0 spiro atoms. The Morgan fingerprint density at radius 3 is 2.06 bits per heavy atom. The zero-order chi connectivity index (χ0) is 13.0. The topological polar surface area (TPSA) is 17.1 Å². The highest BCUT2D eigenvalue weighted by Crippen LogP contribution is 2.23. The first-order chi connectivity index (χ1) is 7.99. The Bertz CT molecular complexity index is 472. The third kappa shape index (κ3) is 3.04. The lowest BCUT2D eigenvalue weighted by Crippen LogP contribution is -1.96. The van der Waals surface area contributed by atoms with E-state index in [1.807, 2.05) is 38.1 Å². The van der Waals surface area contributed by atoms with E-state index in [1.54, 1.807) is 13.0 Å². The van der Waals surface area contributed by atoms with Gasteiger partial charge in [0.25, 0.3) is 0 Å². The molecule has 0 amide bonds. The lowest BCUT2D eigenvalue weighted by molar-refractivity contribution is 0.101. The van der Waals surface area contributed by atoms with Gasteiger partial charge in [-0.2, -0.15) is 0 Å². The highest BCUT2D eigenvalue weighted by Gasteiger charge is 2.06. The van der Waals surface area contributed by atoms with E-state index >= 15 is 0 Å². The lowest BCUT2D eigenvalue weighted by atomic mass is 9.96. The van der Waals surface area contributed by atoms with Crippen molar-refractivity contribution < 1.29 is 4.79 Å². The van der Waals surface area contributed by atoms with Crippen LogP contribution in [0.1, 0.15) is 42.3 Å². The first-order valence-corrected chi connectivity index (χ1v) is 5.60. The molecular formula is C16H18O. The molecule has 0 atom stereocenters. The third-order valence-corrected chi connectivity index (χ3v) is 2.70. The number of benzene rings is 1. The summed E-state index contributed by atoms with van der Waals surface area (Å²) in [6.45, 7) is 13.2. The van der Waals surface area contributed by atoms with Crippen molar-refractivity contribution in [1.29, 1.82) is 0 Å². The minimum Gasteiger partial charge on any atom is -0.295 e. The molecule has 0 N–H and O–H groups in total. The van der Waals surface area contributed by atoms with Crippen LogP contribution in [0.2, 0.25) is 0 Å².